The molecule has 4 heteroatoms. The van der Waals surface area contributed by atoms with Crippen molar-refractivity contribution in [1.82, 2.24) is 0 Å². The van der Waals surface area contributed by atoms with Gasteiger partial charge in [0.2, 0.25) is 0 Å². The minimum absolute atomic E-state index is 0.452. The second kappa shape index (κ2) is 5.63. The van der Waals surface area contributed by atoms with Gasteiger partial charge < -0.3 is 9.84 Å². The van der Waals surface area contributed by atoms with E-state index in [4.69, 9.17) is 9.84 Å². The number of ether oxygens (including phenoxy) is 1. The summed E-state index contributed by atoms with van der Waals surface area (Å²) in [5, 5.41) is 10.6. The monoisotopic (exact) mass is 258 g/mol. The highest BCUT2D eigenvalue weighted by molar-refractivity contribution is 6.00. The third-order valence-electron chi connectivity index (χ3n) is 2.96. The number of carbonyl (C=O) groups is 2. The first-order valence-electron chi connectivity index (χ1n) is 5.88. The molecule has 0 spiro atoms. The number of fused-ring (bicyclic) bond motifs is 1. The van der Waals surface area contributed by atoms with Crippen LogP contribution in [-0.2, 0) is 14.3 Å². The topological polar surface area (TPSA) is 63.6 Å². The van der Waals surface area contributed by atoms with E-state index in [9.17, 15) is 9.59 Å². The smallest absolute Gasteiger partial charge is 0.310 e. The molecule has 0 heterocycles. The lowest BCUT2D eigenvalue weighted by molar-refractivity contribution is -0.143. The van der Waals surface area contributed by atoms with Crippen molar-refractivity contribution >= 4 is 22.5 Å². The minimum atomic E-state index is -1.15. The number of hydrogen-bond acceptors (Lipinski definition) is 3. The maximum absolute atomic E-state index is 11.9. The fraction of sp³-hybridized carbons (Fsp3) is 0.200. The summed E-state index contributed by atoms with van der Waals surface area (Å²) in [6.07, 6.45) is -1.39. The van der Waals surface area contributed by atoms with Gasteiger partial charge in [-0.15, -0.1) is 0 Å². The highest BCUT2D eigenvalue weighted by Gasteiger charge is 2.23. The van der Waals surface area contributed by atoms with Gasteiger partial charge in [-0.25, -0.2) is 0 Å². The Bertz CT molecular complexity index is 613. The highest BCUT2D eigenvalue weighted by atomic mass is 16.5. The maximum Gasteiger partial charge on any atom is 0.310 e. The molecule has 2 aromatic rings. The van der Waals surface area contributed by atoms with Crippen molar-refractivity contribution in [2.45, 2.75) is 12.5 Å². The van der Waals surface area contributed by atoms with Crippen LogP contribution in [0.5, 0.6) is 0 Å². The number of benzene rings is 2. The average molecular weight is 258 g/mol. The standard InChI is InChI=1S/C15H14O4/c1-19-15(13(16)9-14(17)18)12-8-4-6-10-5-2-3-7-11(10)12/h2-8,15H,9H2,1H3,(H,17,18). The largest absolute Gasteiger partial charge is 0.481 e. The Hall–Kier alpha value is -2.20. The summed E-state index contributed by atoms with van der Waals surface area (Å²) in [6.45, 7) is 0. The zero-order valence-electron chi connectivity index (χ0n) is 10.5. The Morgan fingerprint density at radius 2 is 1.84 bits per heavy atom. The van der Waals surface area contributed by atoms with E-state index in [0.717, 1.165) is 10.8 Å². The number of carboxylic acid groups (broad SMARTS) is 1. The van der Waals surface area contributed by atoms with E-state index < -0.39 is 24.3 Å². The molecule has 98 valence electrons. The number of Topliss-reactive ketones (excluding diaryl/α,β-unsaturated/α-hetero) is 1. The van der Waals surface area contributed by atoms with E-state index in [2.05, 4.69) is 0 Å². The van der Waals surface area contributed by atoms with E-state index in [1.54, 1.807) is 6.07 Å². The molecule has 2 rings (SSSR count). The Labute approximate surface area is 110 Å². The Balaban J connectivity index is 2.46. The molecule has 0 aliphatic rings. The summed E-state index contributed by atoms with van der Waals surface area (Å²) in [4.78, 5) is 22.6. The third kappa shape index (κ3) is 2.80. The number of hydrogen-bond donors (Lipinski definition) is 1. The zero-order valence-corrected chi connectivity index (χ0v) is 10.5. The first kappa shape index (κ1) is 13.2. The zero-order chi connectivity index (χ0) is 13.8. The number of ketones is 1. The van der Waals surface area contributed by atoms with Gasteiger partial charge in [-0.1, -0.05) is 42.5 Å². The number of carboxylic acids is 1. The maximum atomic E-state index is 11.9. The molecule has 0 saturated heterocycles. The van der Waals surface area contributed by atoms with Crippen molar-refractivity contribution < 1.29 is 19.4 Å². The fourth-order valence-corrected chi connectivity index (χ4v) is 2.15. The van der Waals surface area contributed by atoms with Gasteiger partial charge in [0.05, 0.1) is 0 Å². The predicted molar refractivity (Wildman–Crippen MR) is 71.0 cm³/mol. The lowest BCUT2D eigenvalue weighted by Crippen LogP contribution is -2.18. The van der Waals surface area contributed by atoms with Crippen LogP contribution in [0.4, 0.5) is 0 Å². The third-order valence-corrected chi connectivity index (χ3v) is 2.96. The average Bonchev–Trinajstić information content (AvgIpc) is 2.39. The van der Waals surface area contributed by atoms with Crippen LogP contribution in [0.2, 0.25) is 0 Å². The number of methoxy groups -OCH3 is 1. The van der Waals surface area contributed by atoms with Gasteiger partial charge in [0, 0.05) is 7.11 Å². The molecule has 0 radical (unpaired) electrons. The van der Waals surface area contributed by atoms with Gasteiger partial charge in [0.15, 0.2) is 5.78 Å². The molecule has 0 saturated carbocycles. The van der Waals surface area contributed by atoms with E-state index in [-0.39, 0.29) is 0 Å². The van der Waals surface area contributed by atoms with Crippen LogP contribution in [0.1, 0.15) is 18.1 Å². The van der Waals surface area contributed by atoms with E-state index in [1.165, 1.54) is 7.11 Å². The van der Waals surface area contributed by atoms with Crippen molar-refractivity contribution in [1.29, 1.82) is 0 Å². The van der Waals surface area contributed by atoms with Crippen LogP contribution in [0.3, 0.4) is 0 Å². The van der Waals surface area contributed by atoms with Crippen molar-refractivity contribution in [3.8, 4) is 0 Å². The van der Waals surface area contributed by atoms with Crippen LogP contribution in [0, 0.1) is 0 Å². The summed E-state index contributed by atoms with van der Waals surface area (Å²) in [7, 11) is 1.41. The first-order chi connectivity index (χ1) is 9.13. The van der Waals surface area contributed by atoms with Crippen LogP contribution in [0.15, 0.2) is 42.5 Å². The number of carbonyl (C=O) groups excluding carboxylic acids is 1. The predicted octanol–water partition coefficient (Wildman–Crippen LogP) is 2.57. The van der Waals surface area contributed by atoms with Crippen LogP contribution < -0.4 is 0 Å². The Morgan fingerprint density at radius 1 is 1.16 bits per heavy atom. The second-order valence-electron chi connectivity index (χ2n) is 4.22. The van der Waals surface area contributed by atoms with E-state index >= 15 is 0 Å². The van der Waals surface area contributed by atoms with Crippen LogP contribution in [0.25, 0.3) is 10.8 Å². The van der Waals surface area contributed by atoms with Gasteiger partial charge in [0.1, 0.15) is 12.5 Å². The molecular formula is C15H14O4. The Kier molecular flexibility index (Phi) is 3.92. The molecule has 0 aliphatic heterocycles. The lowest BCUT2D eigenvalue weighted by atomic mass is 9.97. The molecule has 0 aliphatic carbocycles. The van der Waals surface area contributed by atoms with Crippen LogP contribution in [-0.4, -0.2) is 24.0 Å². The van der Waals surface area contributed by atoms with E-state index in [0.29, 0.717) is 5.56 Å². The molecular weight excluding hydrogens is 244 g/mol. The number of aliphatic carboxylic acids is 1. The molecule has 19 heavy (non-hydrogen) atoms. The summed E-state index contributed by atoms with van der Waals surface area (Å²) in [5.74, 6) is -1.60. The van der Waals surface area contributed by atoms with Gasteiger partial charge in [0.25, 0.3) is 0 Å². The van der Waals surface area contributed by atoms with Gasteiger partial charge in [-0.3, -0.25) is 9.59 Å². The molecule has 4 nitrogen and oxygen atoms in total. The summed E-state index contributed by atoms with van der Waals surface area (Å²) < 4.78 is 5.19. The molecule has 1 unspecified atom stereocenters. The van der Waals surface area contributed by atoms with Gasteiger partial charge in [-0.2, -0.15) is 0 Å². The van der Waals surface area contributed by atoms with Crippen molar-refractivity contribution in [3.05, 3.63) is 48.0 Å². The quantitative estimate of drug-likeness (QED) is 0.837. The second-order valence-corrected chi connectivity index (χ2v) is 4.22. The molecule has 1 atom stereocenters. The first-order valence-corrected chi connectivity index (χ1v) is 5.88. The SMILES string of the molecule is COC(C(=O)CC(=O)O)c1cccc2ccccc12. The van der Waals surface area contributed by atoms with Crippen molar-refractivity contribution in [2.24, 2.45) is 0 Å². The fourth-order valence-electron chi connectivity index (χ4n) is 2.15. The Morgan fingerprint density at radius 3 is 2.53 bits per heavy atom. The van der Waals surface area contributed by atoms with Crippen LogP contribution >= 0.6 is 0 Å². The minimum Gasteiger partial charge on any atom is -0.481 e. The normalized spacial score (nSPS) is 12.3. The van der Waals surface area contributed by atoms with Gasteiger partial charge >= 0.3 is 5.97 Å². The molecule has 0 fully saturated rings. The molecule has 0 aromatic heterocycles. The summed E-state index contributed by atoms with van der Waals surface area (Å²) in [6, 6.07) is 13.2. The molecule has 2 aromatic carbocycles. The molecule has 1 N–H and O–H groups in total. The van der Waals surface area contributed by atoms with Crippen molar-refractivity contribution in [3.63, 3.8) is 0 Å². The molecule has 0 bridgehead atoms. The number of rotatable bonds is 5. The van der Waals surface area contributed by atoms with Gasteiger partial charge in [-0.05, 0) is 16.3 Å². The highest BCUT2D eigenvalue weighted by Crippen LogP contribution is 2.27. The molecule has 0 amide bonds. The van der Waals surface area contributed by atoms with Crippen molar-refractivity contribution in [2.75, 3.05) is 7.11 Å². The van der Waals surface area contributed by atoms with E-state index in [1.807, 2.05) is 36.4 Å². The lowest BCUT2D eigenvalue weighted by Gasteiger charge is -2.16. The summed E-state index contributed by atoms with van der Waals surface area (Å²) in [5.41, 5.74) is 0.701. The summed E-state index contributed by atoms with van der Waals surface area (Å²) >= 11 is 0.